The van der Waals surface area contributed by atoms with E-state index in [4.69, 9.17) is 0 Å². The number of aliphatic carboxylic acids is 1. The second-order valence-corrected chi connectivity index (χ2v) is 1.62. The van der Waals surface area contributed by atoms with Crippen molar-refractivity contribution in [1.82, 2.24) is 0 Å². The monoisotopic (exact) mass is 128 g/mol. The van der Waals surface area contributed by atoms with Gasteiger partial charge >= 0.3 is 0 Å². The molecule has 1 radical (unpaired) electrons. The third-order valence-electron chi connectivity index (χ3n) is 0.837. The van der Waals surface area contributed by atoms with Crippen LogP contribution in [0.2, 0.25) is 0 Å². The molecule has 9 heavy (non-hydrogen) atoms. The van der Waals surface area contributed by atoms with Gasteiger partial charge < -0.3 is 14.7 Å². The number of aldehydes is 1. The number of unbranched alkanes of at least 4 members (excludes halogenated alkanes) is 2. The van der Waals surface area contributed by atoms with Crippen LogP contribution in [0.25, 0.3) is 0 Å². The van der Waals surface area contributed by atoms with Gasteiger partial charge in [0, 0.05) is 18.8 Å². The average Bonchev–Trinajstić information content (AvgIpc) is 1.80. The number of hydrogen-bond acceptors (Lipinski definition) is 3. The first-order valence-corrected chi connectivity index (χ1v) is 2.75. The van der Waals surface area contributed by atoms with E-state index in [1.165, 1.54) is 0 Å². The zero-order valence-corrected chi connectivity index (χ0v) is 5.00. The minimum Gasteiger partial charge on any atom is -0.550 e. The lowest BCUT2D eigenvalue weighted by Crippen LogP contribution is -2.22. The fourth-order valence-corrected chi connectivity index (χ4v) is 0.421. The Labute approximate surface area is 53.7 Å². The summed E-state index contributed by atoms with van der Waals surface area (Å²) in [5.41, 5.74) is 0. The Morgan fingerprint density at radius 2 is 2.11 bits per heavy atom. The van der Waals surface area contributed by atoms with Crippen LogP contribution >= 0.6 is 0 Å². The minimum absolute atomic E-state index is 0.418. The molecule has 0 rings (SSSR count). The van der Waals surface area contributed by atoms with Crippen molar-refractivity contribution in [2.24, 2.45) is 0 Å². The molecule has 0 spiro atoms. The molecule has 3 heteroatoms. The van der Waals surface area contributed by atoms with Gasteiger partial charge in [0.2, 0.25) is 0 Å². The number of carbonyl (C=O) groups is 2. The molecule has 0 aromatic carbocycles. The Morgan fingerprint density at radius 3 is 2.56 bits per heavy atom. The first kappa shape index (κ1) is 8.14. The number of carboxylic acid groups (broad SMARTS) is 1. The molecule has 0 saturated carbocycles. The predicted molar refractivity (Wildman–Crippen MR) is 29.2 cm³/mol. The number of hydrogen-bond donors (Lipinski definition) is 0. The van der Waals surface area contributed by atoms with Crippen LogP contribution in [0.4, 0.5) is 0 Å². The molecule has 0 heterocycles. The maximum Gasteiger partial charge on any atom is 0.119 e. The van der Waals surface area contributed by atoms with Crippen molar-refractivity contribution < 1.29 is 14.7 Å². The third-order valence-corrected chi connectivity index (χ3v) is 0.837. The lowest BCUT2D eigenvalue weighted by molar-refractivity contribution is -0.300. The van der Waals surface area contributed by atoms with Crippen molar-refractivity contribution in [2.75, 3.05) is 0 Å². The molecule has 0 saturated heterocycles. The molecule has 0 bridgehead atoms. The standard InChI is InChI=1S/C6H9O3/c7-5-3-1-2-4-6(8)9/h4-5H,1-3H2,(H,8,9)/p-1. The highest BCUT2D eigenvalue weighted by atomic mass is 16.4. The van der Waals surface area contributed by atoms with E-state index in [9.17, 15) is 14.7 Å². The van der Waals surface area contributed by atoms with Gasteiger partial charge in [-0.3, -0.25) is 0 Å². The molecule has 51 valence electrons. The van der Waals surface area contributed by atoms with E-state index in [1.807, 2.05) is 0 Å². The summed E-state index contributed by atoms with van der Waals surface area (Å²) in [6.45, 7) is 0. The van der Waals surface area contributed by atoms with Gasteiger partial charge in [-0.15, -0.1) is 0 Å². The highest BCUT2D eigenvalue weighted by Crippen LogP contribution is 1.94. The summed E-state index contributed by atoms with van der Waals surface area (Å²) < 4.78 is 0. The smallest absolute Gasteiger partial charge is 0.119 e. The summed E-state index contributed by atoms with van der Waals surface area (Å²) in [6.07, 6.45) is 3.24. The van der Waals surface area contributed by atoms with E-state index in [1.54, 1.807) is 0 Å². The predicted octanol–water partition coefficient (Wildman–Crippen LogP) is -0.690. The van der Waals surface area contributed by atoms with Gasteiger partial charge in [0.05, 0.1) is 0 Å². The van der Waals surface area contributed by atoms with E-state index >= 15 is 0 Å². The topological polar surface area (TPSA) is 57.2 Å². The second kappa shape index (κ2) is 5.28. The molecule has 0 aromatic heterocycles. The Bertz CT molecular complexity index is 98.5. The number of rotatable bonds is 5. The SMILES string of the molecule is O=CCCC[CH]C(=O)[O-]. The van der Waals surface area contributed by atoms with Gasteiger partial charge in [-0.25, -0.2) is 0 Å². The van der Waals surface area contributed by atoms with Crippen LogP contribution in [0.1, 0.15) is 19.3 Å². The maximum atomic E-state index is 9.71. The van der Waals surface area contributed by atoms with Crippen LogP contribution in [0.5, 0.6) is 0 Å². The molecule has 0 N–H and O–H groups in total. The Morgan fingerprint density at radius 1 is 1.44 bits per heavy atom. The summed E-state index contributed by atoms with van der Waals surface area (Å²) in [5.74, 6) is -1.17. The zero-order chi connectivity index (χ0) is 7.11. The fourth-order valence-electron chi connectivity index (χ4n) is 0.421. The van der Waals surface area contributed by atoms with Crippen molar-refractivity contribution in [3.05, 3.63) is 6.42 Å². The fraction of sp³-hybridized carbons (Fsp3) is 0.500. The molecule has 0 atom stereocenters. The Hall–Kier alpha value is -0.860. The van der Waals surface area contributed by atoms with Crippen LogP contribution < -0.4 is 5.11 Å². The quantitative estimate of drug-likeness (QED) is 0.363. The van der Waals surface area contributed by atoms with Crippen molar-refractivity contribution >= 4 is 12.3 Å². The first-order valence-electron chi connectivity index (χ1n) is 2.75. The van der Waals surface area contributed by atoms with Gasteiger partial charge in [-0.05, 0) is 12.8 Å². The first-order chi connectivity index (χ1) is 4.27. The molecule has 0 unspecified atom stereocenters. The molecule has 0 amide bonds. The molecule has 0 aliphatic heterocycles. The molecular weight excluding hydrogens is 120 g/mol. The largest absolute Gasteiger partial charge is 0.550 e. The van der Waals surface area contributed by atoms with Gasteiger partial charge in [0.1, 0.15) is 6.29 Å². The molecule has 0 aliphatic rings. The summed E-state index contributed by atoms with van der Waals surface area (Å²) >= 11 is 0. The normalized spacial score (nSPS) is 8.89. The highest BCUT2D eigenvalue weighted by molar-refractivity contribution is 5.74. The highest BCUT2D eigenvalue weighted by Gasteiger charge is 1.87. The van der Waals surface area contributed by atoms with Crippen LogP contribution in [0, 0.1) is 6.42 Å². The molecular formula is C6H8O3-. The third kappa shape index (κ3) is 7.14. The Balaban J connectivity index is 2.91. The van der Waals surface area contributed by atoms with Gasteiger partial charge in [0.25, 0.3) is 0 Å². The average molecular weight is 128 g/mol. The molecule has 0 aliphatic carbocycles. The Kier molecular flexibility index (Phi) is 4.78. The van der Waals surface area contributed by atoms with Crippen LogP contribution in [0.3, 0.4) is 0 Å². The zero-order valence-electron chi connectivity index (χ0n) is 5.00. The molecule has 0 fully saturated rings. The van der Waals surface area contributed by atoms with Gasteiger partial charge in [0.15, 0.2) is 0 Å². The summed E-state index contributed by atoms with van der Waals surface area (Å²) in [4.78, 5) is 19.4. The van der Waals surface area contributed by atoms with E-state index in [0.717, 1.165) is 12.7 Å². The number of carbonyl (C=O) groups excluding carboxylic acids is 2. The van der Waals surface area contributed by atoms with Crippen molar-refractivity contribution in [3.63, 3.8) is 0 Å². The van der Waals surface area contributed by atoms with E-state index < -0.39 is 5.97 Å². The van der Waals surface area contributed by atoms with E-state index in [0.29, 0.717) is 19.3 Å². The van der Waals surface area contributed by atoms with E-state index in [-0.39, 0.29) is 0 Å². The second-order valence-electron chi connectivity index (χ2n) is 1.62. The van der Waals surface area contributed by atoms with Crippen LogP contribution in [-0.4, -0.2) is 12.3 Å². The van der Waals surface area contributed by atoms with Crippen LogP contribution in [-0.2, 0) is 9.59 Å². The van der Waals surface area contributed by atoms with E-state index in [2.05, 4.69) is 0 Å². The molecule has 3 nitrogen and oxygen atoms in total. The number of carboxylic acids is 1. The summed E-state index contributed by atoms with van der Waals surface area (Å²) in [5, 5.41) is 9.71. The van der Waals surface area contributed by atoms with Gasteiger partial charge in [-0.1, -0.05) is 0 Å². The van der Waals surface area contributed by atoms with Crippen molar-refractivity contribution in [1.29, 1.82) is 0 Å². The summed E-state index contributed by atoms with van der Waals surface area (Å²) in [7, 11) is 0. The van der Waals surface area contributed by atoms with Crippen molar-refractivity contribution in [2.45, 2.75) is 19.3 Å². The van der Waals surface area contributed by atoms with Crippen LogP contribution in [0.15, 0.2) is 0 Å². The van der Waals surface area contributed by atoms with Gasteiger partial charge in [-0.2, -0.15) is 0 Å². The lowest BCUT2D eigenvalue weighted by atomic mass is 10.2. The van der Waals surface area contributed by atoms with Crippen molar-refractivity contribution in [3.8, 4) is 0 Å². The molecule has 0 aromatic rings. The summed E-state index contributed by atoms with van der Waals surface area (Å²) in [6, 6.07) is 0. The maximum absolute atomic E-state index is 9.71. The minimum atomic E-state index is -1.17. The lowest BCUT2D eigenvalue weighted by Gasteiger charge is -1.96.